The summed E-state index contributed by atoms with van der Waals surface area (Å²) in [7, 11) is 1.74. The fourth-order valence-electron chi connectivity index (χ4n) is 1.31. The lowest BCUT2D eigenvalue weighted by molar-refractivity contribution is -0.140. The maximum absolute atomic E-state index is 11.2. The number of nitrogens with zero attached hydrogens (tertiary/aromatic N) is 3. The number of carbonyl (C=O) groups excluding carboxylic acids is 1. The molecule has 1 aromatic heterocycles. The van der Waals surface area contributed by atoms with Crippen molar-refractivity contribution >= 4 is 29.5 Å². The average Bonchev–Trinajstić information content (AvgIpc) is 2.43. The van der Waals surface area contributed by atoms with Crippen LogP contribution in [0.4, 0.5) is 5.82 Å². The van der Waals surface area contributed by atoms with Crippen LogP contribution in [-0.4, -0.2) is 53.0 Å². The Morgan fingerprint density at radius 1 is 1.45 bits per heavy atom. The van der Waals surface area contributed by atoms with Crippen LogP contribution in [0, 0.1) is 0 Å². The number of thioether (sulfide) groups is 1. The van der Waals surface area contributed by atoms with Gasteiger partial charge in [-0.3, -0.25) is 14.6 Å². The standard InChI is InChI=1S/C12H17N3O4S/c1-3-19-12(18)8-20-10-7-13-6-9(14-10)15(2)5-4-11(16)17/h6-7H,3-5,8H2,1-2H3,(H,16,17). The molecule has 0 saturated carbocycles. The van der Waals surface area contributed by atoms with Crippen molar-refractivity contribution in [1.29, 1.82) is 0 Å². The second-order valence-electron chi connectivity index (χ2n) is 3.87. The lowest BCUT2D eigenvalue weighted by atomic mass is 10.4. The monoisotopic (exact) mass is 299 g/mol. The minimum atomic E-state index is -0.863. The summed E-state index contributed by atoms with van der Waals surface area (Å²) in [4.78, 5) is 31.8. The van der Waals surface area contributed by atoms with Gasteiger partial charge in [-0.05, 0) is 6.92 Å². The van der Waals surface area contributed by atoms with Crippen molar-refractivity contribution in [1.82, 2.24) is 9.97 Å². The molecule has 20 heavy (non-hydrogen) atoms. The third-order valence-electron chi connectivity index (χ3n) is 2.30. The van der Waals surface area contributed by atoms with E-state index in [0.717, 1.165) is 0 Å². The van der Waals surface area contributed by atoms with E-state index in [4.69, 9.17) is 9.84 Å². The predicted molar refractivity (Wildman–Crippen MR) is 74.9 cm³/mol. The van der Waals surface area contributed by atoms with Crippen LogP contribution in [0.5, 0.6) is 0 Å². The van der Waals surface area contributed by atoms with Gasteiger partial charge in [0.05, 0.1) is 31.2 Å². The van der Waals surface area contributed by atoms with Gasteiger partial charge >= 0.3 is 11.9 Å². The van der Waals surface area contributed by atoms with E-state index >= 15 is 0 Å². The van der Waals surface area contributed by atoms with Crippen LogP contribution >= 0.6 is 11.8 Å². The van der Waals surface area contributed by atoms with Crippen molar-refractivity contribution in [2.45, 2.75) is 18.4 Å². The number of esters is 1. The molecule has 0 unspecified atom stereocenters. The van der Waals surface area contributed by atoms with E-state index in [9.17, 15) is 9.59 Å². The molecular formula is C12H17N3O4S. The summed E-state index contributed by atoms with van der Waals surface area (Å²) in [5.41, 5.74) is 0. The summed E-state index contributed by atoms with van der Waals surface area (Å²) < 4.78 is 4.82. The summed E-state index contributed by atoms with van der Waals surface area (Å²) >= 11 is 1.23. The largest absolute Gasteiger partial charge is 0.481 e. The molecule has 7 nitrogen and oxygen atoms in total. The summed E-state index contributed by atoms with van der Waals surface area (Å²) in [6.45, 7) is 2.44. The number of hydrogen-bond acceptors (Lipinski definition) is 7. The first kappa shape index (κ1) is 16.2. The Hall–Kier alpha value is -1.83. The Morgan fingerprint density at radius 3 is 2.85 bits per heavy atom. The highest BCUT2D eigenvalue weighted by Crippen LogP contribution is 2.17. The molecule has 0 amide bonds. The van der Waals surface area contributed by atoms with E-state index in [1.807, 2.05) is 0 Å². The zero-order valence-electron chi connectivity index (χ0n) is 11.4. The predicted octanol–water partition coefficient (Wildman–Crippen LogP) is 1.04. The molecule has 0 aliphatic rings. The van der Waals surface area contributed by atoms with Crippen molar-refractivity contribution in [3.63, 3.8) is 0 Å². The van der Waals surface area contributed by atoms with E-state index in [-0.39, 0.29) is 18.1 Å². The lowest BCUT2D eigenvalue weighted by Crippen LogP contribution is -2.22. The van der Waals surface area contributed by atoms with Crippen LogP contribution in [0.1, 0.15) is 13.3 Å². The van der Waals surface area contributed by atoms with Gasteiger partial charge in [-0.2, -0.15) is 0 Å². The number of ether oxygens (including phenoxy) is 1. The van der Waals surface area contributed by atoms with Crippen LogP contribution in [0.25, 0.3) is 0 Å². The van der Waals surface area contributed by atoms with Crippen LogP contribution in [0.15, 0.2) is 17.4 Å². The number of aliphatic carboxylic acids is 1. The van der Waals surface area contributed by atoms with Gasteiger partial charge in [0.15, 0.2) is 0 Å². The number of aromatic nitrogens is 2. The summed E-state index contributed by atoms with van der Waals surface area (Å²) in [6.07, 6.45) is 3.13. The molecule has 0 saturated heterocycles. The maximum atomic E-state index is 11.2. The van der Waals surface area contributed by atoms with E-state index in [0.29, 0.717) is 24.0 Å². The molecular weight excluding hydrogens is 282 g/mol. The first-order valence-electron chi connectivity index (χ1n) is 6.06. The van der Waals surface area contributed by atoms with Gasteiger partial charge in [0.2, 0.25) is 0 Å². The third kappa shape index (κ3) is 5.87. The second-order valence-corrected chi connectivity index (χ2v) is 4.87. The van der Waals surface area contributed by atoms with E-state index in [2.05, 4.69) is 9.97 Å². The maximum Gasteiger partial charge on any atom is 0.316 e. The van der Waals surface area contributed by atoms with Gasteiger partial charge < -0.3 is 14.7 Å². The van der Waals surface area contributed by atoms with Crippen molar-refractivity contribution < 1.29 is 19.4 Å². The smallest absolute Gasteiger partial charge is 0.316 e. The molecule has 1 N–H and O–H groups in total. The van der Waals surface area contributed by atoms with E-state index in [1.165, 1.54) is 11.8 Å². The number of rotatable bonds is 8. The first-order chi connectivity index (χ1) is 9.52. The Morgan fingerprint density at radius 2 is 2.20 bits per heavy atom. The Kier molecular flexibility index (Phi) is 6.78. The summed E-state index contributed by atoms with van der Waals surface area (Å²) in [5.74, 6) is -0.424. The van der Waals surface area contributed by atoms with Gasteiger partial charge in [0.1, 0.15) is 10.8 Å². The molecule has 0 aliphatic carbocycles. The minimum absolute atomic E-state index is 0.0262. The van der Waals surface area contributed by atoms with Gasteiger partial charge in [0.25, 0.3) is 0 Å². The van der Waals surface area contributed by atoms with E-state index < -0.39 is 5.97 Å². The van der Waals surface area contributed by atoms with Crippen LogP contribution < -0.4 is 4.90 Å². The Bertz CT molecular complexity index is 470. The fraction of sp³-hybridized carbons (Fsp3) is 0.500. The highest BCUT2D eigenvalue weighted by atomic mass is 32.2. The number of carboxylic acids is 1. The highest BCUT2D eigenvalue weighted by Gasteiger charge is 2.09. The van der Waals surface area contributed by atoms with Crippen molar-refractivity contribution in [3.05, 3.63) is 12.4 Å². The van der Waals surface area contributed by atoms with Gasteiger partial charge in [-0.15, -0.1) is 0 Å². The van der Waals surface area contributed by atoms with Crippen LogP contribution in [0.2, 0.25) is 0 Å². The second kappa shape index (κ2) is 8.36. The quantitative estimate of drug-likeness (QED) is 0.562. The molecule has 0 bridgehead atoms. The fourth-order valence-corrected chi connectivity index (χ4v) is 1.95. The molecule has 0 aromatic carbocycles. The average molecular weight is 299 g/mol. The van der Waals surface area contributed by atoms with E-state index in [1.54, 1.807) is 31.3 Å². The van der Waals surface area contributed by atoms with Crippen molar-refractivity contribution in [2.24, 2.45) is 0 Å². The lowest BCUT2D eigenvalue weighted by Gasteiger charge is -2.16. The van der Waals surface area contributed by atoms with Crippen LogP contribution in [-0.2, 0) is 14.3 Å². The molecule has 110 valence electrons. The topological polar surface area (TPSA) is 92.6 Å². The summed E-state index contributed by atoms with van der Waals surface area (Å²) in [6, 6.07) is 0. The molecule has 8 heteroatoms. The van der Waals surface area contributed by atoms with Gasteiger partial charge in [-0.1, -0.05) is 11.8 Å². The number of anilines is 1. The molecule has 1 rings (SSSR count). The number of carboxylic acid groups (broad SMARTS) is 1. The van der Waals surface area contributed by atoms with Crippen LogP contribution in [0.3, 0.4) is 0 Å². The molecule has 0 fully saturated rings. The normalized spacial score (nSPS) is 10.1. The number of carbonyl (C=O) groups is 2. The SMILES string of the molecule is CCOC(=O)CSc1cncc(N(C)CCC(=O)O)n1. The third-order valence-corrected chi connectivity index (χ3v) is 3.17. The van der Waals surface area contributed by atoms with Gasteiger partial charge in [-0.25, -0.2) is 4.98 Å². The minimum Gasteiger partial charge on any atom is -0.481 e. The highest BCUT2D eigenvalue weighted by molar-refractivity contribution is 7.99. The zero-order chi connectivity index (χ0) is 15.0. The zero-order valence-corrected chi connectivity index (χ0v) is 12.2. The molecule has 1 aromatic rings. The molecule has 0 spiro atoms. The van der Waals surface area contributed by atoms with Gasteiger partial charge in [0, 0.05) is 13.6 Å². The van der Waals surface area contributed by atoms with Crippen molar-refractivity contribution in [3.8, 4) is 0 Å². The first-order valence-corrected chi connectivity index (χ1v) is 7.05. The Balaban J connectivity index is 2.56. The molecule has 1 heterocycles. The van der Waals surface area contributed by atoms with Crippen molar-refractivity contribution in [2.75, 3.05) is 30.9 Å². The summed E-state index contributed by atoms with van der Waals surface area (Å²) in [5, 5.41) is 9.24. The number of hydrogen-bond donors (Lipinski definition) is 1. The molecule has 0 atom stereocenters. The molecule has 0 aliphatic heterocycles. The Labute approximate surface area is 121 Å². The molecule has 0 radical (unpaired) electrons.